The minimum absolute atomic E-state index is 0.0222. The van der Waals surface area contributed by atoms with Crippen molar-refractivity contribution < 1.29 is 26.4 Å². The minimum Gasteiger partial charge on any atom is -0.465 e. The molecule has 0 saturated heterocycles. The molecule has 0 fully saturated rings. The summed E-state index contributed by atoms with van der Waals surface area (Å²) in [6.45, 7) is 5.50. The van der Waals surface area contributed by atoms with Crippen LogP contribution in [0.2, 0.25) is 0 Å². The van der Waals surface area contributed by atoms with Crippen molar-refractivity contribution in [3.8, 4) is 0 Å². The van der Waals surface area contributed by atoms with Crippen LogP contribution in [0.5, 0.6) is 0 Å². The molecule has 1 atom stereocenters. The van der Waals surface area contributed by atoms with Crippen LogP contribution in [0.1, 0.15) is 47.4 Å². The quantitative estimate of drug-likeness (QED) is 0.446. The van der Waals surface area contributed by atoms with Gasteiger partial charge in [-0.1, -0.05) is 46.7 Å². The van der Waals surface area contributed by atoms with E-state index in [4.69, 9.17) is 4.74 Å². The molecule has 0 bridgehead atoms. The number of hydrogen-bond donors (Lipinski definition) is 0. The summed E-state index contributed by atoms with van der Waals surface area (Å²) in [5.74, 6) is -1.37. The van der Waals surface area contributed by atoms with E-state index in [0.29, 0.717) is 24.1 Å². The summed E-state index contributed by atoms with van der Waals surface area (Å²) in [6, 6.07) is 12.4. The lowest BCUT2D eigenvalue weighted by Gasteiger charge is -2.23. The number of hydrogen-bond acceptors (Lipinski definition) is 7. The van der Waals surface area contributed by atoms with Gasteiger partial charge in [-0.25, -0.2) is 12.4 Å². The van der Waals surface area contributed by atoms with Crippen molar-refractivity contribution in [3.63, 3.8) is 0 Å². The Morgan fingerprint density at radius 3 is 2.14 bits per heavy atom. The molecule has 4 rings (SSSR count). The molecule has 0 saturated carbocycles. The van der Waals surface area contributed by atoms with Crippen molar-refractivity contribution in [1.82, 2.24) is 3.97 Å². The van der Waals surface area contributed by atoms with Gasteiger partial charge in [-0.3, -0.25) is 4.79 Å². The number of fused-ring (bicyclic) bond motifs is 1. The third-order valence-corrected chi connectivity index (χ3v) is 10.1. The van der Waals surface area contributed by atoms with Gasteiger partial charge in [0, 0.05) is 4.88 Å². The zero-order chi connectivity index (χ0) is 25.4. The van der Waals surface area contributed by atoms with Gasteiger partial charge in [-0.2, -0.15) is 8.42 Å². The monoisotopic (exact) mass is 534 g/mol. The van der Waals surface area contributed by atoms with Crippen LogP contribution < -0.4 is 4.80 Å². The average Bonchev–Trinajstić information content (AvgIpc) is 3.17. The Morgan fingerprint density at radius 1 is 1.00 bits per heavy atom. The fourth-order valence-electron chi connectivity index (χ4n) is 3.98. The Hall–Kier alpha value is -2.76. The number of thiazole rings is 1. The number of carbonyl (C=O) groups is 1. The molecule has 0 amide bonds. The molecule has 0 radical (unpaired) electrons. The fourth-order valence-corrected chi connectivity index (χ4v) is 8.23. The number of nitrogens with zero attached hydrogens (tertiary/aromatic N) is 2. The SMILES string of the molecule is CCOC(=O)[C@H]1CCCc2s/c(=N\S(=O)(=O)c3ccc(C)cc3)n(S(=O)(=O)c3ccc(C)cc3)c21. The fraction of sp³-hybridized carbons (Fsp3) is 0.333. The molecule has 2 aromatic carbocycles. The summed E-state index contributed by atoms with van der Waals surface area (Å²) >= 11 is 0.981. The van der Waals surface area contributed by atoms with E-state index in [1.807, 2.05) is 13.8 Å². The van der Waals surface area contributed by atoms with E-state index in [-0.39, 0.29) is 26.9 Å². The molecule has 0 spiro atoms. The van der Waals surface area contributed by atoms with Crippen molar-refractivity contribution in [2.24, 2.45) is 4.40 Å². The molecule has 0 N–H and O–H groups in total. The van der Waals surface area contributed by atoms with Gasteiger partial charge in [0.25, 0.3) is 20.0 Å². The summed E-state index contributed by atoms with van der Waals surface area (Å²) in [5, 5.41) is 0. The maximum Gasteiger partial charge on any atom is 0.315 e. The number of carbonyl (C=O) groups excluding carboxylic acids is 1. The standard InChI is InChI=1S/C24H26N2O6S3/c1-4-32-23(27)20-6-5-7-21-22(20)26(35(30,31)19-14-10-17(3)11-15-19)24(33-21)25-34(28,29)18-12-8-16(2)9-13-18/h8-15,20H,4-7H2,1-3H3/b25-24-/t20-/m0/s1. The maximum absolute atomic E-state index is 13.9. The van der Waals surface area contributed by atoms with Crippen molar-refractivity contribution in [3.05, 3.63) is 75.0 Å². The molecule has 1 aliphatic rings. The molecule has 1 aliphatic carbocycles. The normalized spacial score (nSPS) is 16.7. The molecule has 0 aliphatic heterocycles. The molecule has 8 nitrogen and oxygen atoms in total. The second-order valence-corrected chi connectivity index (χ2v) is 12.8. The average molecular weight is 535 g/mol. The van der Waals surface area contributed by atoms with Crippen LogP contribution in [-0.4, -0.2) is 33.4 Å². The van der Waals surface area contributed by atoms with Gasteiger partial charge in [0.05, 0.1) is 28.0 Å². The van der Waals surface area contributed by atoms with E-state index in [1.54, 1.807) is 31.2 Å². The van der Waals surface area contributed by atoms with Gasteiger partial charge < -0.3 is 4.74 Å². The lowest BCUT2D eigenvalue weighted by molar-refractivity contribution is -0.145. The summed E-state index contributed by atoms with van der Waals surface area (Å²) in [6.07, 6.45) is 1.56. The van der Waals surface area contributed by atoms with Crippen LogP contribution in [0.25, 0.3) is 0 Å². The van der Waals surface area contributed by atoms with Gasteiger partial charge in [0.15, 0.2) is 0 Å². The number of esters is 1. The zero-order valence-electron chi connectivity index (χ0n) is 19.6. The van der Waals surface area contributed by atoms with Crippen molar-refractivity contribution in [2.45, 2.75) is 55.7 Å². The highest BCUT2D eigenvalue weighted by Crippen LogP contribution is 2.36. The van der Waals surface area contributed by atoms with E-state index in [9.17, 15) is 21.6 Å². The number of ether oxygens (including phenoxy) is 1. The van der Waals surface area contributed by atoms with Gasteiger partial charge in [0.1, 0.15) is 0 Å². The van der Waals surface area contributed by atoms with Gasteiger partial charge in [0.2, 0.25) is 4.80 Å². The summed E-state index contributed by atoms with van der Waals surface area (Å²) in [7, 11) is -8.48. The van der Waals surface area contributed by atoms with Crippen molar-refractivity contribution in [1.29, 1.82) is 0 Å². The molecular weight excluding hydrogens is 508 g/mol. The molecule has 11 heteroatoms. The van der Waals surface area contributed by atoms with Crippen LogP contribution in [0, 0.1) is 13.8 Å². The molecule has 3 aromatic rings. The number of sulfonamides is 1. The van der Waals surface area contributed by atoms with Crippen LogP contribution in [-0.2, 0) is 36.0 Å². The predicted molar refractivity (Wildman–Crippen MR) is 132 cm³/mol. The summed E-state index contributed by atoms with van der Waals surface area (Å²) < 4.78 is 64.1. The maximum atomic E-state index is 13.9. The largest absolute Gasteiger partial charge is 0.465 e. The Kier molecular flexibility index (Phi) is 7.03. The van der Waals surface area contributed by atoms with Gasteiger partial charge >= 0.3 is 5.97 Å². The van der Waals surface area contributed by atoms with Gasteiger partial charge in [-0.05, 0) is 64.3 Å². The predicted octanol–water partition coefficient (Wildman–Crippen LogP) is 3.68. The Balaban J connectivity index is 2.01. The summed E-state index contributed by atoms with van der Waals surface area (Å²) in [4.78, 5) is 13.1. The van der Waals surface area contributed by atoms with E-state index in [2.05, 4.69) is 4.40 Å². The highest BCUT2D eigenvalue weighted by Gasteiger charge is 2.37. The Morgan fingerprint density at radius 2 is 1.57 bits per heavy atom. The molecule has 1 aromatic heterocycles. The first-order chi connectivity index (χ1) is 16.5. The molecule has 35 heavy (non-hydrogen) atoms. The van der Waals surface area contributed by atoms with E-state index < -0.39 is 31.9 Å². The first kappa shape index (κ1) is 25.3. The minimum atomic E-state index is -4.27. The lowest BCUT2D eigenvalue weighted by atomic mass is 9.91. The highest BCUT2D eigenvalue weighted by atomic mass is 32.2. The van der Waals surface area contributed by atoms with Gasteiger partial charge in [-0.15, -0.1) is 4.40 Å². The Bertz CT molecular complexity index is 1530. The third-order valence-electron chi connectivity index (χ3n) is 5.77. The van der Waals surface area contributed by atoms with Crippen molar-refractivity contribution >= 4 is 37.4 Å². The zero-order valence-corrected chi connectivity index (χ0v) is 22.0. The number of benzene rings is 2. The van der Waals surface area contributed by atoms with Crippen molar-refractivity contribution in [2.75, 3.05) is 6.61 Å². The first-order valence-electron chi connectivity index (χ1n) is 11.2. The number of aromatic nitrogens is 1. The second-order valence-electron chi connectivity index (χ2n) is 8.35. The second kappa shape index (κ2) is 9.71. The highest BCUT2D eigenvalue weighted by molar-refractivity contribution is 7.90. The number of aryl methyl sites for hydroxylation is 3. The van der Waals surface area contributed by atoms with E-state index >= 15 is 0 Å². The van der Waals surface area contributed by atoms with E-state index in [0.717, 1.165) is 26.4 Å². The first-order valence-corrected chi connectivity index (χ1v) is 14.9. The molecule has 0 unspecified atom stereocenters. The van der Waals surface area contributed by atoms with E-state index in [1.165, 1.54) is 24.3 Å². The third kappa shape index (κ3) is 4.98. The topological polar surface area (TPSA) is 112 Å². The van der Waals surface area contributed by atoms with Crippen LogP contribution >= 0.6 is 11.3 Å². The lowest BCUT2D eigenvalue weighted by Crippen LogP contribution is -2.31. The summed E-state index contributed by atoms with van der Waals surface area (Å²) in [5.41, 5.74) is 1.99. The van der Waals surface area contributed by atoms with Crippen LogP contribution in [0.3, 0.4) is 0 Å². The Labute approximate surface area is 209 Å². The van der Waals surface area contributed by atoms with Crippen LogP contribution in [0.4, 0.5) is 0 Å². The molecule has 186 valence electrons. The van der Waals surface area contributed by atoms with Crippen LogP contribution in [0.15, 0.2) is 62.7 Å². The smallest absolute Gasteiger partial charge is 0.315 e. The number of rotatable bonds is 6. The molecular formula is C24H26N2O6S3. The molecule has 1 heterocycles.